The van der Waals surface area contributed by atoms with Crippen LogP contribution < -0.4 is 0 Å². The number of thiophene rings is 4. The van der Waals surface area contributed by atoms with Crippen molar-refractivity contribution in [3.8, 4) is 224 Å². The van der Waals surface area contributed by atoms with Gasteiger partial charge in [-0.05, 0) is 228 Å². The fraction of sp³-hybridized carbons (Fsp3) is 0.0536. The molecule has 0 amide bonds. The van der Waals surface area contributed by atoms with Crippen molar-refractivity contribution in [2.24, 2.45) is 0 Å². The Morgan fingerprint density at radius 1 is 0.443 bits per heavy atom. The quantitative estimate of drug-likeness (QED) is 0.128. The Morgan fingerprint density at radius 3 is 1.23 bits per heavy atom. The molecule has 0 bridgehead atoms. The molecule has 0 N–H and O–H groups in total. The second-order valence-corrected chi connectivity index (χ2v) is 15.5. The average Bonchev–Trinajstić information content (AvgIpc) is 4.05. The predicted molar refractivity (Wildman–Crippen MR) is 289 cm³/mol. The van der Waals surface area contributed by atoms with Crippen LogP contribution in [0.15, 0.2) is 18.2 Å². The van der Waals surface area contributed by atoms with Crippen LogP contribution in [-0.2, 0) is 0 Å². The number of fused-ring (bicyclic) bond motifs is 3. The maximum absolute atomic E-state index is 12.3. The van der Waals surface area contributed by atoms with Crippen LogP contribution >= 0.6 is 45.3 Å². The zero-order valence-electron chi connectivity index (χ0n) is 31.9. The summed E-state index contributed by atoms with van der Waals surface area (Å²) < 4.78 is 3.06. The smallest absolute Gasteiger partial charge is 0.169 e. The van der Waals surface area contributed by atoms with Gasteiger partial charge in [-0.2, -0.15) is 0 Å². The van der Waals surface area contributed by atoms with Crippen LogP contribution in [0.3, 0.4) is 0 Å². The zero-order chi connectivity index (χ0) is 43.1. The summed E-state index contributed by atoms with van der Waals surface area (Å²) in [6.45, 7) is 5.72. The molecule has 0 spiro atoms. The summed E-state index contributed by atoms with van der Waals surface area (Å²) in [5.41, 5.74) is 1.68. The van der Waals surface area contributed by atoms with E-state index < -0.39 is 0 Å². The van der Waals surface area contributed by atoms with Gasteiger partial charge in [-0.15, -0.1) is 58.2 Å². The van der Waals surface area contributed by atoms with Gasteiger partial charge in [-0.3, -0.25) is 4.79 Å². The van der Waals surface area contributed by atoms with E-state index in [9.17, 15) is 4.79 Å². The highest BCUT2D eigenvalue weighted by atomic mass is 32.1. The molecular formula is C56H46OS4. The number of Topliss-reactive ketones (excluding diaryl/α,β-unsaturated/α-hetero) is 1. The van der Waals surface area contributed by atoms with Gasteiger partial charge in [0.15, 0.2) is 5.78 Å². The summed E-state index contributed by atoms with van der Waals surface area (Å²) in [5.74, 6) is 89.0. The highest BCUT2D eigenvalue weighted by Gasteiger charge is 2.21. The number of aryl methyl sites for hydroxylation is 2. The fourth-order valence-electron chi connectivity index (χ4n) is 4.76. The number of hydrogen-bond donors (Lipinski definition) is 0. The van der Waals surface area contributed by atoms with E-state index in [1.165, 1.54) is 11.3 Å². The Morgan fingerprint density at radius 2 is 0.820 bits per heavy atom. The highest BCUT2D eigenvalue weighted by Crippen LogP contribution is 2.49. The maximum Gasteiger partial charge on any atom is 0.169 e. The SMILES string of the molecule is C#CC#CC#CC#CC#CC#CC#CC#CC#Cc1c2cc(-c3sc(C)c4sc(C(C)=O)cc34)sc2c(C#CC#CC#CC#CC#CC#CC#CC#CC#C)c2cc(C)sc12.[HH].[HH].[HH].[HH].[HH].[HH].[HH].[HH].[HH].[HH].[HH].[HH].[HH].[HH].[HH].[HH]. The van der Waals surface area contributed by atoms with Gasteiger partial charge < -0.3 is 0 Å². The van der Waals surface area contributed by atoms with E-state index in [0.29, 0.717) is 0 Å². The summed E-state index contributed by atoms with van der Waals surface area (Å²) >= 11 is 6.50. The van der Waals surface area contributed by atoms with Crippen LogP contribution in [0, 0.1) is 228 Å². The molecule has 0 atom stereocenters. The molecule has 0 radical (unpaired) electrons. The van der Waals surface area contributed by atoms with Crippen LogP contribution in [0.4, 0.5) is 0 Å². The minimum atomic E-state index is 0. The molecule has 5 aromatic rings. The first-order valence-corrected chi connectivity index (χ1v) is 20.2. The molecule has 0 unspecified atom stereocenters. The molecule has 1 nitrogen and oxygen atoms in total. The van der Waals surface area contributed by atoms with Crippen molar-refractivity contribution in [1.29, 1.82) is 0 Å². The number of carbonyl (C=O) groups excluding carboxylic acids is 1. The summed E-state index contributed by atoms with van der Waals surface area (Å²) in [5, 5.41) is 2.97. The van der Waals surface area contributed by atoms with E-state index in [-0.39, 0.29) is 28.6 Å². The van der Waals surface area contributed by atoms with E-state index >= 15 is 0 Å². The molecule has 4 aromatic heterocycles. The lowest BCUT2D eigenvalue weighted by molar-refractivity contribution is 0.102. The Hall–Kier alpha value is -9.45. The minimum Gasteiger partial charge on any atom is -0.294 e. The van der Waals surface area contributed by atoms with Crippen molar-refractivity contribution in [2.45, 2.75) is 20.8 Å². The van der Waals surface area contributed by atoms with Crippen molar-refractivity contribution in [1.82, 2.24) is 0 Å². The van der Waals surface area contributed by atoms with E-state index in [2.05, 4.69) is 220 Å². The molecular weight excluding hydrogens is 817 g/mol. The maximum atomic E-state index is 12.3. The van der Waals surface area contributed by atoms with Crippen molar-refractivity contribution in [2.75, 3.05) is 0 Å². The van der Waals surface area contributed by atoms with Gasteiger partial charge in [-0.25, -0.2) is 0 Å². The Kier molecular flexibility index (Phi) is 16.1. The first-order chi connectivity index (χ1) is 29.9. The summed E-state index contributed by atoms with van der Waals surface area (Å²) in [6, 6.07) is 6.26. The topological polar surface area (TPSA) is 17.1 Å². The van der Waals surface area contributed by atoms with Crippen molar-refractivity contribution in [3.05, 3.63) is 44.0 Å². The van der Waals surface area contributed by atoms with Crippen LogP contribution in [0.2, 0.25) is 0 Å². The largest absolute Gasteiger partial charge is 0.294 e. The van der Waals surface area contributed by atoms with Gasteiger partial charge in [0.05, 0.1) is 30.3 Å². The first-order valence-electron chi connectivity index (χ1n) is 16.9. The lowest BCUT2D eigenvalue weighted by atomic mass is 10.0. The van der Waals surface area contributed by atoms with Crippen LogP contribution in [0.1, 0.15) is 60.3 Å². The highest BCUT2D eigenvalue weighted by molar-refractivity contribution is 7.30. The molecule has 5 heteroatoms. The first kappa shape index (κ1) is 42.7. The van der Waals surface area contributed by atoms with Crippen LogP contribution in [0.25, 0.3) is 40.0 Å². The molecule has 4 heterocycles. The Balaban J connectivity index is -0.000000264. The molecule has 0 aliphatic rings. The number of benzene rings is 1. The van der Waals surface area contributed by atoms with E-state index in [1.807, 2.05) is 13.0 Å². The predicted octanol–water partition coefficient (Wildman–Crippen LogP) is 11.8. The van der Waals surface area contributed by atoms with Gasteiger partial charge in [0.1, 0.15) is 0 Å². The van der Waals surface area contributed by atoms with Crippen LogP contribution in [-0.4, -0.2) is 5.78 Å². The Labute approximate surface area is 396 Å². The van der Waals surface area contributed by atoms with Gasteiger partial charge in [0.2, 0.25) is 0 Å². The monoisotopic (exact) mass is 862 g/mol. The van der Waals surface area contributed by atoms with Gasteiger partial charge in [-0.1, -0.05) is 11.8 Å². The fourth-order valence-corrected chi connectivity index (χ4v) is 9.38. The summed E-state index contributed by atoms with van der Waals surface area (Å²) in [4.78, 5) is 17.4. The number of rotatable bonds is 2. The second kappa shape index (κ2) is 22.9. The Bertz CT molecular complexity index is 3780. The van der Waals surface area contributed by atoms with Gasteiger partial charge >= 0.3 is 0 Å². The standard InChI is InChI=1S/C56H14OS4.16H2/c1-6-8-10-12-14-16-18-20-22-24-26-28-30-32-34-36-38-46-48-40-43(3)58-54(48)47(39-37-35-33-31-29-27-25-23-21-19-17-15-13-11-9-7-2)49-41-52(61-55(46)49)56-50-42-51(44(4)57)60-53(50)45(5)59-56;;;;;;;;;;;;;;;;/h1-2,40-42H,3-5H3;16*1H. The third-order valence-corrected chi connectivity index (χ3v) is 12.0. The molecule has 5 rings (SSSR count). The molecule has 0 aliphatic heterocycles. The van der Waals surface area contributed by atoms with E-state index in [1.54, 1.807) is 40.9 Å². The lowest BCUT2D eigenvalue weighted by Crippen LogP contribution is -1.83. The number of hydrogen-bond acceptors (Lipinski definition) is 5. The summed E-state index contributed by atoms with van der Waals surface area (Å²) in [7, 11) is 0. The molecule has 1 aromatic carbocycles. The van der Waals surface area contributed by atoms with E-state index in [4.69, 9.17) is 12.8 Å². The second-order valence-electron chi connectivity index (χ2n) is 10.9. The number of ketones is 1. The van der Waals surface area contributed by atoms with Crippen LogP contribution in [0.5, 0.6) is 0 Å². The van der Waals surface area contributed by atoms with E-state index in [0.717, 1.165) is 65.8 Å². The minimum absolute atomic E-state index is 0. The lowest BCUT2D eigenvalue weighted by Gasteiger charge is -2.02. The van der Waals surface area contributed by atoms with Gasteiger partial charge in [0, 0.05) is 58.3 Å². The molecule has 300 valence electrons. The molecule has 0 fully saturated rings. The molecule has 0 saturated carbocycles. The molecule has 0 saturated heterocycles. The van der Waals surface area contributed by atoms with Crippen molar-refractivity contribution in [3.63, 3.8) is 0 Å². The number of terminal acetylenes is 2. The zero-order valence-corrected chi connectivity index (χ0v) is 35.2. The molecule has 61 heavy (non-hydrogen) atoms. The molecule has 0 aliphatic carbocycles. The third-order valence-electron chi connectivity index (χ3n) is 6.97. The van der Waals surface area contributed by atoms with Crippen molar-refractivity contribution < 1.29 is 27.6 Å². The number of carbonyl (C=O) groups is 1. The normalized spacial score (nSPS) is 7.49. The average molecular weight is 863 g/mol. The van der Waals surface area contributed by atoms with Crippen molar-refractivity contribution >= 4 is 81.4 Å². The summed E-state index contributed by atoms with van der Waals surface area (Å²) in [6.07, 6.45) is 10.0. The third kappa shape index (κ3) is 12.3. The van der Waals surface area contributed by atoms with Gasteiger partial charge in [0.25, 0.3) is 0 Å².